The van der Waals surface area contributed by atoms with Crippen molar-refractivity contribution in [3.8, 4) is 0 Å². The summed E-state index contributed by atoms with van der Waals surface area (Å²) in [6, 6.07) is 13.4. The van der Waals surface area contributed by atoms with Crippen LogP contribution in [0.15, 0.2) is 53.1 Å². The summed E-state index contributed by atoms with van der Waals surface area (Å²) in [6.07, 6.45) is 2.22. The van der Waals surface area contributed by atoms with E-state index in [4.69, 9.17) is 4.42 Å². The van der Waals surface area contributed by atoms with Gasteiger partial charge in [0.1, 0.15) is 5.52 Å². The number of aryl methyl sites for hydroxylation is 1. The van der Waals surface area contributed by atoms with Gasteiger partial charge >= 0.3 is 0 Å². The Hall–Kier alpha value is -3.08. The molecule has 0 radical (unpaired) electrons. The smallest absolute Gasteiger partial charge is 0.228 e. The minimum Gasteiger partial charge on any atom is -0.441 e. The van der Waals surface area contributed by atoms with E-state index < -0.39 is 0 Å². The average Bonchev–Trinajstić information content (AvgIpc) is 3.11. The van der Waals surface area contributed by atoms with E-state index in [2.05, 4.69) is 15.3 Å². The van der Waals surface area contributed by atoms with Crippen LogP contribution in [0.1, 0.15) is 11.5 Å². The van der Waals surface area contributed by atoms with Gasteiger partial charge in [0.25, 0.3) is 0 Å². The van der Waals surface area contributed by atoms with Crippen LogP contribution in [0.25, 0.3) is 22.0 Å². The fraction of sp³-hybridized carbons (Fsp3) is 0.111. The summed E-state index contributed by atoms with van der Waals surface area (Å²) in [7, 11) is 0. The zero-order chi connectivity index (χ0) is 15.8. The quantitative estimate of drug-likeness (QED) is 0.605. The fourth-order valence-electron chi connectivity index (χ4n) is 2.72. The Kier molecular flexibility index (Phi) is 3.12. The Labute approximate surface area is 132 Å². The lowest BCUT2D eigenvalue weighted by molar-refractivity contribution is -0.115. The molecule has 2 aromatic carbocycles. The van der Waals surface area contributed by atoms with Gasteiger partial charge in [-0.25, -0.2) is 4.98 Å². The molecule has 1 amide bonds. The molecule has 5 nitrogen and oxygen atoms in total. The molecular formula is C18H15N3O2. The molecule has 4 rings (SSSR count). The minimum atomic E-state index is -0.0597. The predicted molar refractivity (Wildman–Crippen MR) is 89.4 cm³/mol. The van der Waals surface area contributed by atoms with Crippen LogP contribution in [-0.2, 0) is 11.2 Å². The number of fused-ring (bicyclic) bond motifs is 2. The van der Waals surface area contributed by atoms with Crippen molar-refractivity contribution >= 4 is 33.6 Å². The summed E-state index contributed by atoms with van der Waals surface area (Å²) in [4.78, 5) is 19.6. The zero-order valence-corrected chi connectivity index (χ0v) is 12.6. The Morgan fingerprint density at radius 3 is 3.04 bits per heavy atom. The van der Waals surface area contributed by atoms with Crippen LogP contribution in [0.4, 0.5) is 5.69 Å². The summed E-state index contributed by atoms with van der Waals surface area (Å²) in [5.74, 6) is 0.554. The second-order valence-electron chi connectivity index (χ2n) is 5.54. The summed E-state index contributed by atoms with van der Waals surface area (Å²) in [5.41, 5.74) is 4.22. The van der Waals surface area contributed by atoms with Crippen LogP contribution in [0.5, 0.6) is 0 Å². The van der Waals surface area contributed by atoms with Crippen molar-refractivity contribution in [2.45, 2.75) is 13.3 Å². The van der Waals surface area contributed by atoms with Crippen molar-refractivity contribution < 1.29 is 9.21 Å². The SMILES string of the molecule is Cc1nc2ccc(NC(=O)Cc3ccc4[nH]ccc4c3)cc2o1. The molecule has 0 aliphatic heterocycles. The molecule has 114 valence electrons. The lowest BCUT2D eigenvalue weighted by Gasteiger charge is -2.05. The van der Waals surface area contributed by atoms with Crippen LogP contribution in [-0.4, -0.2) is 15.9 Å². The molecule has 0 saturated carbocycles. The first-order valence-electron chi connectivity index (χ1n) is 7.40. The van der Waals surface area contributed by atoms with Crippen molar-refractivity contribution in [1.29, 1.82) is 0 Å². The number of nitrogens with zero attached hydrogens (tertiary/aromatic N) is 1. The Morgan fingerprint density at radius 1 is 1.22 bits per heavy atom. The van der Waals surface area contributed by atoms with Gasteiger partial charge in [0.2, 0.25) is 5.91 Å². The number of amides is 1. The Bertz CT molecular complexity index is 1010. The van der Waals surface area contributed by atoms with E-state index in [1.807, 2.05) is 42.6 Å². The second kappa shape index (κ2) is 5.28. The highest BCUT2D eigenvalue weighted by Crippen LogP contribution is 2.20. The van der Waals surface area contributed by atoms with E-state index in [-0.39, 0.29) is 5.91 Å². The summed E-state index contributed by atoms with van der Waals surface area (Å²) in [5, 5.41) is 4.00. The maximum atomic E-state index is 12.2. The molecule has 23 heavy (non-hydrogen) atoms. The normalized spacial score (nSPS) is 11.2. The highest BCUT2D eigenvalue weighted by molar-refractivity contribution is 5.94. The number of rotatable bonds is 3. The molecule has 0 fully saturated rings. The molecule has 0 atom stereocenters. The number of anilines is 1. The number of oxazole rings is 1. The summed E-state index contributed by atoms with van der Waals surface area (Å²) in [6.45, 7) is 1.80. The second-order valence-corrected chi connectivity index (χ2v) is 5.54. The first-order valence-corrected chi connectivity index (χ1v) is 7.40. The van der Waals surface area contributed by atoms with E-state index >= 15 is 0 Å². The minimum absolute atomic E-state index is 0.0597. The molecule has 2 heterocycles. The number of hydrogen-bond acceptors (Lipinski definition) is 3. The third-order valence-corrected chi connectivity index (χ3v) is 3.76. The number of carbonyl (C=O) groups excluding carboxylic acids is 1. The van der Waals surface area contributed by atoms with Gasteiger partial charge in [-0.05, 0) is 41.3 Å². The molecule has 5 heteroatoms. The topological polar surface area (TPSA) is 70.9 Å². The van der Waals surface area contributed by atoms with Gasteiger partial charge in [0, 0.05) is 30.4 Å². The molecule has 4 aromatic rings. The van der Waals surface area contributed by atoms with Crippen LogP contribution < -0.4 is 5.32 Å². The average molecular weight is 305 g/mol. The summed E-state index contributed by atoms with van der Waals surface area (Å²) < 4.78 is 5.48. The Balaban J connectivity index is 1.51. The van der Waals surface area contributed by atoms with Crippen LogP contribution in [0.2, 0.25) is 0 Å². The molecule has 2 aromatic heterocycles. The molecule has 0 bridgehead atoms. The van der Waals surface area contributed by atoms with Crippen LogP contribution in [0.3, 0.4) is 0 Å². The molecule has 0 aliphatic rings. The zero-order valence-electron chi connectivity index (χ0n) is 12.6. The number of benzene rings is 2. The van der Waals surface area contributed by atoms with E-state index in [9.17, 15) is 4.79 Å². The van der Waals surface area contributed by atoms with Gasteiger partial charge < -0.3 is 14.7 Å². The first-order chi connectivity index (χ1) is 11.2. The number of hydrogen-bond donors (Lipinski definition) is 2. The van der Waals surface area contributed by atoms with Crippen molar-refractivity contribution in [2.24, 2.45) is 0 Å². The van der Waals surface area contributed by atoms with Gasteiger partial charge in [0.15, 0.2) is 11.5 Å². The first kappa shape index (κ1) is 13.6. The lowest BCUT2D eigenvalue weighted by atomic mass is 10.1. The molecule has 0 saturated heterocycles. The number of carbonyl (C=O) groups is 1. The standard InChI is InChI=1S/C18H15N3O2/c1-11-20-16-5-3-14(10-17(16)23-11)21-18(22)9-12-2-4-15-13(8-12)6-7-19-15/h2-8,10,19H,9H2,1H3,(H,21,22). The highest BCUT2D eigenvalue weighted by Gasteiger charge is 2.08. The number of nitrogens with one attached hydrogen (secondary N) is 2. The highest BCUT2D eigenvalue weighted by atomic mass is 16.3. The summed E-state index contributed by atoms with van der Waals surface area (Å²) >= 11 is 0. The number of H-pyrrole nitrogens is 1. The molecule has 0 unspecified atom stereocenters. The van der Waals surface area contributed by atoms with Crippen molar-refractivity contribution in [3.05, 3.63) is 60.1 Å². The number of aromatic nitrogens is 2. The van der Waals surface area contributed by atoms with Crippen LogP contribution in [0, 0.1) is 6.92 Å². The van der Waals surface area contributed by atoms with Gasteiger partial charge in [-0.15, -0.1) is 0 Å². The monoisotopic (exact) mass is 305 g/mol. The molecular weight excluding hydrogens is 290 g/mol. The van der Waals surface area contributed by atoms with E-state index in [1.165, 1.54) is 0 Å². The molecule has 0 aliphatic carbocycles. The molecule has 2 N–H and O–H groups in total. The third kappa shape index (κ3) is 2.68. The fourth-order valence-corrected chi connectivity index (χ4v) is 2.72. The van der Waals surface area contributed by atoms with E-state index in [0.29, 0.717) is 23.6 Å². The largest absolute Gasteiger partial charge is 0.441 e. The maximum absolute atomic E-state index is 12.2. The third-order valence-electron chi connectivity index (χ3n) is 3.76. The van der Waals surface area contributed by atoms with Gasteiger partial charge in [-0.2, -0.15) is 0 Å². The van der Waals surface area contributed by atoms with Gasteiger partial charge in [-0.1, -0.05) is 6.07 Å². The lowest BCUT2D eigenvalue weighted by Crippen LogP contribution is -2.14. The Morgan fingerprint density at radius 2 is 2.13 bits per heavy atom. The van der Waals surface area contributed by atoms with Crippen molar-refractivity contribution in [3.63, 3.8) is 0 Å². The van der Waals surface area contributed by atoms with Crippen molar-refractivity contribution in [2.75, 3.05) is 5.32 Å². The van der Waals surface area contributed by atoms with Crippen LogP contribution >= 0.6 is 0 Å². The van der Waals surface area contributed by atoms with Gasteiger partial charge in [-0.3, -0.25) is 4.79 Å². The maximum Gasteiger partial charge on any atom is 0.228 e. The van der Waals surface area contributed by atoms with E-state index in [0.717, 1.165) is 22.0 Å². The van der Waals surface area contributed by atoms with Crippen molar-refractivity contribution in [1.82, 2.24) is 9.97 Å². The van der Waals surface area contributed by atoms with E-state index in [1.54, 1.807) is 13.0 Å². The molecule has 0 spiro atoms. The van der Waals surface area contributed by atoms with Gasteiger partial charge in [0.05, 0.1) is 6.42 Å². The predicted octanol–water partition coefficient (Wildman–Crippen LogP) is 3.80. The number of aromatic amines is 1.